The molecule has 2 heterocycles. The first-order chi connectivity index (χ1) is 13.4. The highest BCUT2D eigenvalue weighted by Crippen LogP contribution is 2.32. The van der Waals surface area contributed by atoms with Gasteiger partial charge in [0.05, 0.1) is 23.6 Å². The van der Waals surface area contributed by atoms with Crippen LogP contribution in [0.4, 0.5) is 10.1 Å². The van der Waals surface area contributed by atoms with Crippen LogP contribution in [0, 0.1) is 5.82 Å². The van der Waals surface area contributed by atoms with Gasteiger partial charge in [-0.05, 0) is 51.0 Å². The van der Waals surface area contributed by atoms with Crippen molar-refractivity contribution in [3.8, 4) is 5.88 Å². The number of ether oxygens (including phenoxy) is 2. The van der Waals surface area contributed by atoms with Crippen molar-refractivity contribution in [1.82, 2.24) is 9.97 Å². The van der Waals surface area contributed by atoms with Gasteiger partial charge >= 0.3 is 0 Å². The molecule has 5 nitrogen and oxygen atoms in total. The molecule has 6 heteroatoms. The van der Waals surface area contributed by atoms with Gasteiger partial charge in [0.15, 0.2) is 5.69 Å². The predicted molar refractivity (Wildman–Crippen MR) is 111 cm³/mol. The molecule has 0 saturated heterocycles. The number of rotatable bonds is 5. The molecule has 1 aromatic carbocycles. The van der Waals surface area contributed by atoms with E-state index < -0.39 is 0 Å². The topological polar surface area (TPSA) is 56.6 Å². The maximum absolute atomic E-state index is 13.1. The second-order valence-electron chi connectivity index (χ2n) is 6.71. The van der Waals surface area contributed by atoms with Crippen LogP contribution in [-0.2, 0) is 4.74 Å². The fourth-order valence-electron chi connectivity index (χ4n) is 2.37. The summed E-state index contributed by atoms with van der Waals surface area (Å²) in [5.74, 6) is 0.201. The van der Waals surface area contributed by atoms with E-state index in [0.717, 1.165) is 23.4 Å². The molecule has 0 saturated carbocycles. The Morgan fingerprint density at radius 1 is 1.11 bits per heavy atom. The van der Waals surface area contributed by atoms with Crippen LogP contribution in [0.25, 0.3) is 6.08 Å². The van der Waals surface area contributed by atoms with Gasteiger partial charge in [-0.1, -0.05) is 25.1 Å². The first-order valence-corrected chi connectivity index (χ1v) is 9.49. The van der Waals surface area contributed by atoms with Crippen LogP contribution in [0.2, 0.25) is 0 Å². The summed E-state index contributed by atoms with van der Waals surface area (Å²) in [7, 11) is 1.73. The van der Waals surface area contributed by atoms with Crippen molar-refractivity contribution in [2.45, 2.75) is 52.7 Å². The second-order valence-corrected chi connectivity index (χ2v) is 6.71. The van der Waals surface area contributed by atoms with E-state index in [1.54, 1.807) is 19.2 Å². The Balaban J connectivity index is 0.000000409. The molecular formula is C22H28FN3O2. The van der Waals surface area contributed by atoms with E-state index in [4.69, 9.17) is 9.47 Å². The summed E-state index contributed by atoms with van der Waals surface area (Å²) in [6, 6.07) is 6.31. The first kappa shape index (κ1) is 21.7. The Morgan fingerprint density at radius 2 is 1.82 bits per heavy atom. The molecule has 0 spiro atoms. The Kier molecular flexibility index (Phi) is 8.26. The summed E-state index contributed by atoms with van der Waals surface area (Å²) in [6.07, 6.45) is 7.55. The molecule has 1 unspecified atom stereocenters. The third-order valence-corrected chi connectivity index (χ3v) is 4.15. The Labute approximate surface area is 166 Å². The third-order valence-electron chi connectivity index (χ3n) is 4.15. The number of aromatic nitrogens is 2. The molecule has 1 aliphatic heterocycles. The molecule has 0 aliphatic carbocycles. The number of hydrogen-bond donors (Lipinski definition) is 0. The van der Waals surface area contributed by atoms with Crippen molar-refractivity contribution in [2.24, 2.45) is 4.99 Å². The molecule has 1 aliphatic rings. The van der Waals surface area contributed by atoms with Gasteiger partial charge in [-0.15, -0.1) is 0 Å². The van der Waals surface area contributed by atoms with Crippen molar-refractivity contribution in [1.29, 1.82) is 0 Å². The lowest BCUT2D eigenvalue weighted by Crippen LogP contribution is -2.08. The number of hydrogen-bond acceptors (Lipinski definition) is 5. The van der Waals surface area contributed by atoms with Gasteiger partial charge in [-0.3, -0.25) is 0 Å². The summed E-state index contributed by atoms with van der Waals surface area (Å²) >= 11 is 0. The molecule has 0 amide bonds. The molecular weight excluding hydrogens is 357 g/mol. The van der Waals surface area contributed by atoms with Gasteiger partial charge in [0.25, 0.3) is 0 Å². The molecule has 0 radical (unpaired) electrons. The van der Waals surface area contributed by atoms with E-state index in [1.807, 2.05) is 26.0 Å². The molecule has 1 atom stereocenters. The number of fused-ring (bicyclic) bond motifs is 1. The zero-order valence-corrected chi connectivity index (χ0v) is 17.1. The van der Waals surface area contributed by atoms with Crippen LogP contribution in [0.5, 0.6) is 5.88 Å². The van der Waals surface area contributed by atoms with Gasteiger partial charge in [0.1, 0.15) is 12.1 Å². The zero-order chi connectivity index (χ0) is 20.5. The number of allylic oxidation sites excluding steroid dienone is 1. The average molecular weight is 385 g/mol. The highest BCUT2D eigenvalue weighted by atomic mass is 19.1. The Hall–Kier alpha value is -2.60. The van der Waals surface area contributed by atoms with Gasteiger partial charge in [-0.25, -0.2) is 14.4 Å². The summed E-state index contributed by atoms with van der Waals surface area (Å²) < 4.78 is 23.7. The summed E-state index contributed by atoms with van der Waals surface area (Å²) in [4.78, 5) is 13.1. The molecule has 0 fully saturated rings. The van der Waals surface area contributed by atoms with E-state index in [1.165, 1.54) is 18.5 Å². The fourth-order valence-corrected chi connectivity index (χ4v) is 2.37. The SMILES string of the molecule is CC(C)Oc1ncnc2c1N=C(c1ccc(F)cc1)CC=C2.CCC(C)OC. The lowest BCUT2D eigenvalue weighted by molar-refractivity contribution is 0.115. The fraction of sp³-hybridized carbons (Fsp3) is 0.409. The lowest BCUT2D eigenvalue weighted by Gasteiger charge is -2.12. The highest BCUT2D eigenvalue weighted by molar-refractivity contribution is 6.04. The highest BCUT2D eigenvalue weighted by Gasteiger charge is 2.16. The predicted octanol–water partition coefficient (Wildman–Crippen LogP) is 5.37. The van der Waals surface area contributed by atoms with E-state index in [9.17, 15) is 4.39 Å². The quantitative estimate of drug-likeness (QED) is 0.694. The van der Waals surface area contributed by atoms with Gasteiger partial charge in [-0.2, -0.15) is 4.98 Å². The molecule has 150 valence electrons. The zero-order valence-electron chi connectivity index (χ0n) is 17.1. The lowest BCUT2D eigenvalue weighted by atomic mass is 10.1. The first-order valence-electron chi connectivity index (χ1n) is 9.49. The number of methoxy groups -OCH3 is 1. The second kappa shape index (κ2) is 10.7. The minimum absolute atomic E-state index is 0.00398. The summed E-state index contributed by atoms with van der Waals surface area (Å²) in [6.45, 7) is 8.03. The van der Waals surface area contributed by atoms with Crippen LogP contribution in [0.3, 0.4) is 0 Å². The molecule has 28 heavy (non-hydrogen) atoms. The molecule has 1 aromatic heterocycles. The van der Waals surface area contributed by atoms with E-state index in [2.05, 4.69) is 28.8 Å². The van der Waals surface area contributed by atoms with Crippen molar-refractivity contribution in [3.63, 3.8) is 0 Å². The Bertz CT molecular complexity index is 813. The van der Waals surface area contributed by atoms with E-state index >= 15 is 0 Å². The van der Waals surface area contributed by atoms with Gasteiger partial charge in [0.2, 0.25) is 5.88 Å². The van der Waals surface area contributed by atoms with Crippen molar-refractivity contribution >= 4 is 17.5 Å². The van der Waals surface area contributed by atoms with Gasteiger partial charge in [0, 0.05) is 13.5 Å². The largest absolute Gasteiger partial charge is 0.473 e. The minimum Gasteiger partial charge on any atom is -0.473 e. The van der Waals surface area contributed by atoms with Crippen molar-refractivity contribution in [3.05, 3.63) is 53.7 Å². The summed E-state index contributed by atoms with van der Waals surface area (Å²) in [5.41, 5.74) is 3.05. The smallest absolute Gasteiger partial charge is 0.243 e. The number of aliphatic imine (C=N–C) groups is 1. The molecule has 2 aromatic rings. The Morgan fingerprint density at radius 3 is 2.39 bits per heavy atom. The van der Waals surface area contributed by atoms with Gasteiger partial charge < -0.3 is 9.47 Å². The van der Waals surface area contributed by atoms with E-state index in [-0.39, 0.29) is 11.9 Å². The molecule has 3 rings (SSSR count). The van der Waals surface area contributed by atoms with E-state index in [0.29, 0.717) is 24.1 Å². The summed E-state index contributed by atoms with van der Waals surface area (Å²) in [5, 5.41) is 0. The van der Waals surface area contributed by atoms with Crippen LogP contribution < -0.4 is 4.74 Å². The van der Waals surface area contributed by atoms with Crippen LogP contribution in [0.1, 0.15) is 51.8 Å². The average Bonchev–Trinajstić information content (AvgIpc) is 2.91. The number of benzene rings is 1. The molecule has 0 N–H and O–H groups in total. The van der Waals surface area contributed by atoms with Crippen molar-refractivity contribution in [2.75, 3.05) is 7.11 Å². The minimum atomic E-state index is -0.263. The number of halogens is 1. The normalized spacial score (nSPS) is 13.8. The van der Waals surface area contributed by atoms with Crippen LogP contribution in [0.15, 0.2) is 41.7 Å². The van der Waals surface area contributed by atoms with Crippen LogP contribution >= 0.6 is 0 Å². The maximum atomic E-state index is 13.1. The third kappa shape index (κ3) is 6.23. The molecule has 0 bridgehead atoms. The standard InChI is InChI=1S/C17H16FN3O.C5H12O/c1-11(2)22-17-16-15(19-10-20-17)5-3-4-14(21-16)12-6-8-13(18)9-7-12;1-4-5(2)6-3/h3,5-11H,4H2,1-2H3;5H,4H2,1-3H3. The maximum Gasteiger partial charge on any atom is 0.243 e. The van der Waals surface area contributed by atoms with Crippen molar-refractivity contribution < 1.29 is 13.9 Å². The van der Waals surface area contributed by atoms with Crippen LogP contribution in [-0.4, -0.2) is 35.0 Å². The number of nitrogens with zero attached hydrogens (tertiary/aromatic N) is 3. The monoisotopic (exact) mass is 385 g/mol.